The molecule has 2 heteroatoms. The molecule has 0 radical (unpaired) electrons. The highest BCUT2D eigenvalue weighted by molar-refractivity contribution is 5.76. The molecule has 0 unspecified atom stereocenters. The van der Waals surface area contributed by atoms with E-state index in [1.807, 2.05) is 0 Å². The number of allylic oxidation sites excluding steroid dienone is 2. The molecule has 0 N–H and O–H groups in total. The van der Waals surface area contributed by atoms with E-state index in [1.54, 1.807) is 0 Å². The normalized spacial score (nSPS) is 14.6. The van der Waals surface area contributed by atoms with Crippen molar-refractivity contribution < 1.29 is 4.79 Å². The van der Waals surface area contributed by atoms with E-state index in [2.05, 4.69) is 24.0 Å². The molecule has 0 spiro atoms. The lowest BCUT2D eigenvalue weighted by atomic mass is 10.0. The average molecular weight is 364 g/mol. The summed E-state index contributed by atoms with van der Waals surface area (Å²) >= 11 is 0. The van der Waals surface area contributed by atoms with Gasteiger partial charge in [0.2, 0.25) is 5.91 Å². The van der Waals surface area contributed by atoms with Gasteiger partial charge in [0.05, 0.1) is 0 Å². The molecule has 26 heavy (non-hydrogen) atoms. The van der Waals surface area contributed by atoms with Gasteiger partial charge in [-0.05, 0) is 44.9 Å². The van der Waals surface area contributed by atoms with Crippen molar-refractivity contribution in [2.75, 3.05) is 13.1 Å². The molecule has 1 aliphatic heterocycles. The second kappa shape index (κ2) is 17.6. The highest BCUT2D eigenvalue weighted by Gasteiger charge is 2.16. The lowest BCUT2D eigenvalue weighted by Crippen LogP contribution is -2.27. The number of unbranched alkanes of at least 4 members (excludes halogenated alkanes) is 13. The van der Waals surface area contributed by atoms with E-state index in [4.69, 9.17) is 0 Å². The Labute approximate surface area is 163 Å². The third-order valence-corrected chi connectivity index (χ3v) is 5.61. The van der Waals surface area contributed by atoms with Crippen LogP contribution in [0.3, 0.4) is 0 Å². The molecule has 1 rings (SSSR count). The zero-order valence-corrected chi connectivity index (χ0v) is 17.7. The lowest BCUT2D eigenvalue weighted by molar-refractivity contribution is -0.130. The SMILES string of the molecule is CCCCCC=CCCCCCCCCCCCCC(=O)N1CCCC1. The Balaban J connectivity index is 1.72. The van der Waals surface area contributed by atoms with Gasteiger partial charge in [-0.1, -0.05) is 83.3 Å². The van der Waals surface area contributed by atoms with Crippen LogP contribution in [0.25, 0.3) is 0 Å². The number of carbonyl (C=O) groups is 1. The number of carbonyl (C=O) groups excluding carboxylic acids is 1. The van der Waals surface area contributed by atoms with E-state index in [9.17, 15) is 4.79 Å². The highest BCUT2D eigenvalue weighted by atomic mass is 16.2. The molecule has 0 aliphatic carbocycles. The van der Waals surface area contributed by atoms with Crippen molar-refractivity contribution in [1.29, 1.82) is 0 Å². The zero-order chi connectivity index (χ0) is 18.7. The maximum absolute atomic E-state index is 11.9. The Morgan fingerprint density at radius 3 is 1.69 bits per heavy atom. The zero-order valence-electron chi connectivity index (χ0n) is 17.7. The van der Waals surface area contributed by atoms with Crippen LogP contribution in [0, 0.1) is 0 Å². The van der Waals surface area contributed by atoms with Gasteiger partial charge in [0.1, 0.15) is 0 Å². The summed E-state index contributed by atoms with van der Waals surface area (Å²) in [6.45, 7) is 4.28. The van der Waals surface area contributed by atoms with Gasteiger partial charge in [-0.2, -0.15) is 0 Å². The largest absolute Gasteiger partial charge is 0.343 e. The van der Waals surface area contributed by atoms with Crippen molar-refractivity contribution >= 4 is 5.91 Å². The molecule has 0 aromatic rings. The smallest absolute Gasteiger partial charge is 0.222 e. The predicted molar refractivity (Wildman–Crippen MR) is 115 cm³/mol. The molecule has 1 heterocycles. The Kier molecular flexibility index (Phi) is 15.8. The Hall–Kier alpha value is -0.790. The maximum atomic E-state index is 11.9. The first kappa shape index (κ1) is 23.2. The summed E-state index contributed by atoms with van der Waals surface area (Å²) in [4.78, 5) is 14.0. The Bertz CT molecular complexity index is 344. The third-order valence-electron chi connectivity index (χ3n) is 5.61. The minimum absolute atomic E-state index is 0.401. The standard InChI is InChI=1S/C24H45NO/c1-2-3-4-5-6-7-8-9-10-11-12-13-14-15-16-17-18-21-24(26)25-22-19-20-23-25/h6-7H,2-5,8-23H2,1H3. The van der Waals surface area contributed by atoms with Gasteiger partial charge < -0.3 is 4.90 Å². The summed E-state index contributed by atoms with van der Waals surface area (Å²) in [6, 6.07) is 0. The van der Waals surface area contributed by atoms with E-state index in [0.717, 1.165) is 25.9 Å². The van der Waals surface area contributed by atoms with Gasteiger partial charge in [0, 0.05) is 19.5 Å². The fourth-order valence-corrected chi connectivity index (χ4v) is 3.83. The summed E-state index contributed by atoms with van der Waals surface area (Å²) < 4.78 is 0. The molecule has 1 saturated heterocycles. The molecular formula is C24H45NO. The fourth-order valence-electron chi connectivity index (χ4n) is 3.83. The van der Waals surface area contributed by atoms with E-state index in [-0.39, 0.29) is 0 Å². The van der Waals surface area contributed by atoms with Crippen LogP contribution in [0.2, 0.25) is 0 Å². The fraction of sp³-hybridized carbons (Fsp3) is 0.875. The first-order valence-corrected chi connectivity index (χ1v) is 11.8. The summed E-state index contributed by atoms with van der Waals surface area (Å²) in [5.74, 6) is 0.401. The van der Waals surface area contributed by atoms with E-state index < -0.39 is 0 Å². The van der Waals surface area contributed by atoms with Crippen LogP contribution >= 0.6 is 0 Å². The van der Waals surface area contributed by atoms with Crippen LogP contribution in [0.15, 0.2) is 12.2 Å². The van der Waals surface area contributed by atoms with Crippen LogP contribution in [-0.4, -0.2) is 23.9 Å². The minimum Gasteiger partial charge on any atom is -0.343 e. The van der Waals surface area contributed by atoms with Gasteiger partial charge in [0.25, 0.3) is 0 Å². The monoisotopic (exact) mass is 363 g/mol. The van der Waals surface area contributed by atoms with E-state index in [1.165, 1.54) is 103 Å². The summed E-state index contributed by atoms with van der Waals surface area (Å²) in [5.41, 5.74) is 0. The number of hydrogen-bond donors (Lipinski definition) is 0. The van der Waals surface area contributed by atoms with Gasteiger partial charge in [0.15, 0.2) is 0 Å². The van der Waals surface area contributed by atoms with Crippen LogP contribution in [0.5, 0.6) is 0 Å². The van der Waals surface area contributed by atoms with Crippen molar-refractivity contribution in [3.8, 4) is 0 Å². The van der Waals surface area contributed by atoms with Crippen molar-refractivity contribution in [3.63, 3.8) is 0 Å². The van der Waals surface area contributed by atoms with Crippen LogP contribution in [0.1, 0.15) is 122 Å². The van der Waals surface area contributed by atoms with Crippen LogP contribution in [0.4, 0.5) is 0 Å². The summed E-state index contributed by atoms with van der Waals surface area (Å²) in [5, 5.41) is 0. The lowest BCUT2D eigenvalue weighted by Gasteiger charge is -2.14. The number of hydrogen-bond acceptors (Lipinski definition) is 1. The van der Waals surface area contributed by atoms with Crippen LogP contribution in [-0.2, 0) is 4.79 Å². The van der Waals surface area contributed by atoms with Gasteiger partial charge in [-0.15, -0.1) is 0 Å². The number of amides is 1. The Morgan fingerprint density at radius 2 is 1.15 bits per heavy atom. The van der Waals surface area contributed by atoms with E-state index >= 15 is 0 Å². The first-order valence-electron chi connectivity index (χ1n) is 11.8. The second-order valence-corrected chi connectivity index (χ2v) is 8.13. The number of nitrogens with zero attached hydrogens (tertiary/aromatic N) is 1. The van der Waals surface area contributed by atoms with Gasteiger partial charge in [-0.25, -0.2) is 0 Å². The maximum Gasteiger partial charge on any atom is 0.222 e. The highest BCUT2D eigenvalue weighted by Crippen LogP contribution is 2.14. The Morgan fingerprint density at radius 1 is 0.692 bits per heavy atom. The summed E-state index contributed by atoms with van der Waals surface area (Å²) in [7, 11) is 0. The molecule has 0 bridgehead atoms. The molecular weight excluding hydrogens is 318 g/mol. The van der Waals surface area contributed by atoms with Gasteiger partial charge >= 0.3 is 0 Å². The van der Waals surface area contributed by atoms with Crippen LogP contribution < -0.4 is 0 Å². The molecule has 1 fully saturated rings. The molecule has 0 aromatic heterocycles. The first-order chi connectivity index (χ1) is 12.8. The number of rotatable bonds is 17. The third kappa shape index (κ3) is 13.4. The molecule has 0 saturated carbocycles. The molecule has 0 atom stereocenters. The average Bonchev–Trinajstić information content (AvgIpc) is 3.19. The number of likely N-dealkylation sites (tertiary alicyclic amines) is 1. The van der Waals surface area contributed by atoms with Crippen molar-refractivity contribution in [3.05, 3.63) is 12.2 Å². The summed E-state index contributed by atoms with van der Waals surface area (Å²) in [6.07, 6.45) is 28.0. The van der Waals surface area contributed by atoms with Crippen molar-refractivity contribution in [2.45, 2.75) is 122 Å². The molecule has 1 amide bonds. The molecule has 1 aliphatic rings. The quantitative estimate of drug-likeness (QED) is 0.194. The van der Waals surface area contributed by atoms with Crippen molar-refractivity contribution in [1.82, 2.24) is 4.90 Å². The van der Waals surface area contributed by atoms with E-state index in [0.29, 0.717) is 5.91 Å². The second-order valence-electron chi connectivity index (χ2n) is 8.13. The predicted octanol–water partition coefficient (Wildman–Crippen LogP) is 7.43. The molecule has 2 nitrogen and oxygen atoms in total. The molecule has 152 valence electrons. The molecule has 0 aromatic carbocycles. The minimum atomic E-state index is 0.401. The topological polar surface area (TPSA) is 20.3 Å². The van der Waals surface area contributed by atoms with Gasteiger partial charge in [-0.3, -0.25) is 4.79 Å². The van der Waals surface area contributed by atoms with Crippen molar-refractivity contribution in [2.24, 2.45) is 0 Å².